The van der Waals surface area contributed by atoms with E-state index in [4.69, 9.17) is 17.3 Å². The van der Waals surface area contributed by atoms with Gasteiger partial charge in [-0.25, -0.2) is 12.8 Å². The van der Waals surface area contributed by atoms with Gasteiger partial charge in [-0.05, 0) is 25.1 Å². The standard InChI is InChI=1S/C12H13ClFN3O2S/c1-6(20(2,18)19)11-10(12(15)17-16-11)8-4-3-7(14)5-9(8)13/h3-6H,1-2H3,(H3,15,16,17). The van der Waals surface area contributed by atoms with Crippen LogP contribution in [-0.4, -0.2) is 24.9 Å². The summed E-state index contributed by atoms with van der Waals surface area (Å²) in [5.41, 5.74) is 6.92. The van der Waals surface area contributed by atoms with Crippen molar-refractivity contribution in [2.75, 3.05) is 12.0 Å². The number of halogens is 2. The molecule has 0 amide bonds. The quantitative estimate of drug-likeness (QED) is 0.910. The smallest absolute Gasteiger partial charge is 0.155 e. The minimum Gasteiger partial charge on any atom is -0.382 e. The highest BCUT2D eigenvalue weighted by atomic mass is 35.5. The van der Waals surface area contributed by atoms with Crippen molar-refractivity contribution in [3.05, 3.63) is 34.7 Å². The van der Waals surface area contributed by atoms with Crippen molar-refractivity contribution in [2.45, 2.75) is 12.2 Å². The Morgan fingerprint density at radius 2 is 2.10 bits per heavy atom. The zero-order valence-electron chi connectivity index (χ0n) is 10.8. The Morgan fingerprint density at radius 3 is 2.65 bits per heavy atom. The number of nitrogens with zero attached hydrogens (tertiary/aromatic N) is 1. The minimum atomic E-state index is -3.34. The van der Waals surface area contributed by atoms with Crippen LogP contribution in [0.15, 0.2) is 18.2 Å². The van der Waals surface area contributed by atoms with Gasteiger partial charge in [0.05, 0.1) is 10.7 Å². The van der Waals surface area contributed by atoms with Gasteiger partial charge in [-0.15, -0.1) is 0 Å². The molecule has 0 fully saturated rings. The highest BCUT2D eigenvalue weighted by molar-refractivity contribution is 7.90. The van der Waals surface area contributed by atoms with Crippen LogP contribution in [0.4, 0.5) is 10.2 Å². The summed E-state index contributed by atoms with van der Waals surface area (Å²) < 4.78 is 36.5. The van der Waals surface area contributed by atoms with E-state index in [1.54, 1.807) is 0 Å². The van der Waals surface area contributed by atoms with E-state index >= 15 is 0 Å². The maximum absolute atomic E-state index is 13.1. The highest BCUT2D eigenvalue weighted by Gasteiger charge is 2.26. The minimum absolute atomic E-state index is 0.115. The number of nitrogens with one attached hydrogen (secondary N) is 1. The van der Waals surface area contributed by atoms with Crippen LogP contribution in [-0.2, 0) is 9.84 Å². The molecular weight excluding hydrogens is 305 g/mol. The molecule has 0 bridgehead atoms. The third kappa shape index (κ3) is 2.64. The van der Waals surface area contributed by atoms with E-state index in [0.29, 0.717) is 16.8 Å². The molecular formula is C12H13ClFN3O2S. The lowest BCUT2D eigenvalue weighted by molar-refractivity contribution is 0.591. The lowest BCUT2D eigenvalue weighted by Crippen LogP contribution is -2.09. The third-order valence-corrected chi connectivity index (χ3v) is 4.90. The summed E-state index contributed by atoms with van der Waals surface area (Å²) in [5, 5.41) is 5.75. The molecule has 3 N–H and O–H groups in total. The van der Waals surface area contributed by atoms with Crippen molar-refractivity contribution >= 4 is 27.3 Å². The second-order valence-corrected chi connectivity index (χ2v) is 7.27. The zero-order chi connectivity index (χ0) is 15.1. The summed E-state index contributed by atoms with van der Waals surface area (Å²) in [6, 6.07) is 3.80. The Labute approximate surface area is 120 Å². The number of nitrogen functional groups attached to an aromatic ring is 1. The predicted molar refractivity (Wildman–Crippen MR) is 76.7 cm³/mol. The summed E-state index contributed by atoms with van der Waals surface area (Å²) in [6.45, 7) is 1.52. The van der Waals surface area contributed by atoms with Crippen LogP contribution < -0.4 is 5.73 Å². The molecule has 0 spiro atoms. The van der Waals surface area contributed by atoms with E-state index in [1.807, 2.05) is 0 Å². The fraction of sp³-hybridized carbons (Fsp3) is 0.250. The van der Waals surface area contributed by atoms with Gasteiger partial charge in [0.2, 0.25) is 0 Å². The molecule has 0 saturated heterocycles. The molecule has 0 aliphatic heterocycles. The molecule has 0 aliphatic rings. The van der Waals surface area contributed by atoms with Crippen LogP contribution in [0.3, 0.4) is 0 Å². The van der Waals surface area contributed by atoms with Gasteiger partial charge >= 0.3 is 0 Å². The monoisotopic (exact) mass is 317 g/mol. The van der Waals surface area contributed by atoms with Crippen LogP contribution in [0.25, 0.3) is 11.1 Å². The molecule has 1 atom stereocenters. The second-order valence-electron chi connectivity index (χ2n) is 4.49. The van der Waals surface area contributed by atoms with Crippen LogP contribution in [0.2, 0.25) is 5.02 Å². The van der Waals surface area contributed by atoms with Crippen LogP contribution in [0, 0.1) is 5.82 Å². The molecule has 1 heterocycles. The van der Waals surface area contributed by atoms with E-state index in [2.05, 4.69) is 10.2 Å². The van der Waals surface area contributed by atoms with E-state index < -0.39 is 20.9 Å². The number of hydrogen-bond donors (Lipinski definition) is 2. The summed E-state index contributed by atoms with van der Waals surface area (Å²) in [7, 11) is -3.34. The normalized spacial score (nSPS) is 13.4. The molecule has 20 heavy (non-hydrogen) atoms. The van der Waals surface area contributed by atoms with Crippen molar-refractivity contribution in [2.24, 2.45) is 0 Å². The molecule has 1 aromatic carbocycles. The summed E-state index contributed by atoms with van der Waals surface area (Å²) in [5.74, 6) is -0.373. The lowest BCUT2D eigenvalue weighted by atomic mass is 10.0. The van der Waals surface area contributed by atoms with Crippen molar-refractivity contribution in [3.8, 4) is 11.1 Å². The Kier molecular flexibility index (Phi) is 3.75. The van der Waals surface area contributed by atoms with E-state index in [0.717, 1.165) is 12.3 Å². The molecule has 5 nitrogen and oxygen atoms in total. The van der Waals surface area contributed by atoms with Gasteiger partial charge in [0, 0.05) is 17.4 Å². The van der Waals surface area contributed by atoms with Gasteiger partial charge in [-0.3, -0.25) is 5.10 Å². The molecule has 1 aromatic heterocycles. The topological polar surface area (TPSA) is 88.8 Å². The molecule has 2 aromatic rings. The number of aromatic amines is 1. The van der Waals surface area contributed by atoms with Gasteiger partial charge in [-0.1, -0.05) is 11.6 Å². The van der Waals surface area contributed by atoms with Crippen LogP contribution in [0.5, 0.6) is 0 Å². The molecule has 1 unspecified atom stereocenters. The average Bonchev–Trinajstić information content (AvgIpc) is 2.69. The number of hydrogen-bond acceptors (Lipinski definition) is 4. The molecule has 0 saturated carbocycles. The van der Waals surface area contributed by atoms with Crippen LogP contribution in [0.1, 0.15) is 17.9 Å². The van der Waals surface area contributed by atoms with Gasteiger partial charge in [0.25, 0.3) is 0 Å². The summed E-state index contributed by atoms with van der Waals surface area (Å²) >= 11 is 6.00. The first-order chi connectivity index (χ1) is 9.21. The third-order valence-electron chi connectivity index (χ3n) is 3.07. The predicted octanol–water partition coefficient (Wildman–Crippen LogP) is 2.56. The first-order valence-corrected chi connectivity index (χ1v) is 8.03. The van der Waals surface area contributed by atoms with Crippen molar-refractivity contribution < 1.29 is 12.8 Å². The molecule has 0 radical (unpaired) electrons. The maximum Gasteiger partial charge on any atom is 0.155 e. The molecule has 8 heteroatoms. The first kappa shape index (κ1) is 14.8. The van der Waals surface area contributed by atoms with Crippen LogP contribution >= 0.6 is 11.6 Å². The van der Waals surface area contributed by atoms with Gasteiger partial charge in [0.1, 0.15) is 11.1 Å². The van der Waals surface area contributed by atoms with E-state index in [1.165, 1.54) is 19.1 Å². The van der Waals surface area contributed by atoms with Gasteiger partial charge in [-0.2, -0.15) is 5.10 Å². The fourth-order valence-corrected chi connectivity index (χ4v) is 2.71. The van der Waals surface area contributed by atoms with Crippen molar-refractivity contribution in [3.63, 3.8) is 0 Å². The van der Waals surface area contributed by atoms with Crippen molar-refractivity contribution in [1.29, 1.82) is 0 Å². The highest BCUT2D eigenvalue weighted by Crippen LogP contribution is 2.38. The molecule has 2 rings (SSSR count). The number of anilines is 1. The second kappa shape index (κ2) is 5.06. The Morgan fingerprint density at radius 1 is 1.45 bits per heavy atom. The average molecular weight is 318 g/mol. The number of rotatable bonds is 3. The molecule has 108 valence electrons. The summed E-state index contributed by atoms with van der Waals surface area (Å²) in [4.78, 5) is 0. The SMILES string of the molecule is CC(c1[nH]nc(N)c1-c1ccc(F)cc1Cl)S(C)(=O)=O. The number of benzene rings is 1. The van der Waals surface area contributed by atoms with Gasteiger partial charge < -0.3 is 5.73 Å². The first-order valence-electron chi connectivity index (χ1n) is 5.70. The Bertz CT molecular complexity index is 758. The van der Waals surface area contributed by atoms with E-state index in [-0.39, 0.29) is 10.8 Å². The van der Waals surface area contributed by atoms with Crippen molar-refractivity contribution in [1.82, 2.24) is 10.2 Å². The molecule has 0 aliphatic carbocycles. The fourth-order valence-electron chi connectivity index (χ4n) is 1.85. The Balaban J connectivity index is 2.66. The lowest BCUT2D eigenvalue weighted by Gasteiger charge is -2.11. The largest absolute Gasteiger partial charge is 0.382 e. The maximum atomic E-state index is 13.1. The zero-order valence-corrected chi connectivity index (χ0v) is 12.4. The Hall–Kier alpha value is -1.60. The van der Waals surface area contributed by atoms with Gasteiger partial charge in [0.15, 0.2) is 15.7 Å². The number of H-pyrrole nitrogens is 1. The summed E-state index contributed by atoms with van der Waals surface area (Å²) in [6.07, 6.45) is 1.12. The van der Waals surface area contributed by atoms with E-state index in [9.17, 15) is 12.8 Å². The number of aromatic nitrogens is 2. The number of nitrogens with two attached hydrogens (primary N) is 1. The number of sulfone groups is 1.